The van der Waals surface area contributed by atoms with Crippen molar-refractivity contribution in [2.75, 3.05) is 30.9 Å². The van der Waals surface area contributed by atoms with Gasteiger partial charge in [-0.1, -0.05) is 12.1 Å². The molecule has 17 heavy (non-hydrogen) atoms. The molecule has 0 spiro atoms. The van der Waals surface area contributed by atoms with Crippen LogP contribution in [0.5, 0.6) is 0 Å². The Balaban J connectivity index is 2.09. The van der Waals surface area contributed by atoms with Crippen molar-refractivity contribution in [1.82, 2.24) is 5.32 Å². The Morgan fingerprint density at radius 2 is 2.18 bits per heavy atom. The predicted molar refractivity (Wildman–Crippen MR) is 70.4 cm³/mol. The van der Waals surface area contributed by atoms with Crippen molar-refractivity contribution in [2.45, 2.75) is 18.9 Å². The number of hydrogen-bond donors (Lipinski definition) is 2. The second kappa shape index (κ2) is 5.19. The van der Waals surface area contributed by atoms with E-state index in [-0.39, 0.29) is 11.9 Å². The van der Waals surface area contributed by atoms with Gasteiger partial charge >= 0.3 is 0 Å². The number of carbonyl (C=O) groups is 1. The summed E-state index contributed by atoms with van der Waals surface area (Å²) in [5.41, 5.74) is 1.90. The first-order valence-corrected chi connectivity index (χ1v) is 5.99. The van der Waals surface area contributed by atoms with Gasteiger partial charge in [0.05, 0.1) is 17.4 Å². The van der Waals surface area contributed by atoms with Gasteiger partial charge in [0.15, 0.2) is 0 Å². The first-order valence-electron chi connectivity index (χ1n) is 5.99. The number of nitrogens with one attached hydrogen (secondary N) is 2. The Kier molecular flexibility index (Phi) is 3.64. The molecule has 0 bridgehead atoms. The first-order chi connectivity index (χ1) is 8.18. The van der Waals surface area contributed by atoms with Crippen LogP contribution in [0, 0.1) is 0 Å². The lowest BCUT2D eigenvalue weighted by atomic mass is 10.2. The summed E-state index contributed by atoms with van der Waals surface area (Å²) >= 11 is 0. The van der Waals surface area contributed by atoms with Gasteiger partial charge in [0, 0.05) is 14.1 Å². The van der Waals surface area contributed by atoms with Crippen LogP contribution >= 0.6 is 0 Å². The summed E-state index contributed by atoms with van der Waals surface area (Å²) in [4.78, 5) is 14.0. The van der Waals surface area contributed by atoms with Crippen molar-refractivity contribution in [3.63, 3.8) is 0 Å². The standard InChI is InChI=1S/C13H19N3O/c1-16(2)12-8-4-3-6-10(12)15-13(17)11-7-5-9-14-11/h3-4,6,8,11,14H,5,7,9H2,1-2H3,(H,15,17)/t11-/m1/s1. The highest BCUT2D eigenvalue weighted by atomic mass is 16.2. The minimum Gasteiger partial charge on any atom is -0.376 e. The Hall–Kier alpha value is -1.55. The third kappa shape index (κ3) is 2.77. The van der Waals surface area contributed by atoms with Crippen molar-refractivity contribution in [1.29, 1.82) is 0 Å². The molecule has 92 valence electrons. The number of amides is 1. The highest BCUT2D eigenvalue weighted by Crippen LogP contribution is 2.23. The second-order valence-electron chi connectivity index (χ2n) is 4.55. The zero-order valence-electron chi connectivity index (χ0n) is 10.4. The molecule has 1 aliphatic rings. The van der Waals surface area contributed by atoms with Gasteiger partial charge in [-0.15, -0.1) is 0 Å². The summed E-state index contributed by atoms with van der Waals surface area (Å²) < 4.78 is 0. The number of anilines is 2. The summed E-state index contributed by atoms with van der Waals surface area (Å²) in [5.74, 6) is 0.0665. The van der Waals surface area contributed by atoms with Crippen LogP contribution in [-0.4, -0.2) is 32.6 Å². The molecule has 1 aromatic rings. The fourth-order valence-corrected chi connectivity index (χ4v) is 2.10. The summed E-state index contributed by atoms with van der Waals surface area (Å²) in [7, 11) is 3.94. The average Bonchev–Trinajstić information content (AvgIpc) is 2.83. The summed E-state index contributed by atoms with van der Waals surface area (Å²) in [6, 6.07) is 7.80. The molecule has 0 unspecified atom stereocenters. The van der Waals surface area contributed by atoms with Gasteiger partial charge in [-0.25, -0.2) is 0 Å². The van der Waals surface area contributed by atoms with Crippen LogP contribution in [-0.2, 0) is 4.79 Å². The summed E-state index contributed by atoms with van der Waals surface area (Å²) in [6.45, 7) is 0.938. The third-order valence-electron chi connectivity index (χ3n) is 3.02. The number of benzene rings is 1. The van der Waals surface area contributed by atoms with Crippen LogP contribution in [0.2, 0.25) is 0 Å². The molecule has 1 fully saturated rings. The van der Waals surface area contributed by atoms with E-state index in [1.165, 1.54) is 0 Å². The molecule has 0 aromatic heterocycles. The smallest absolute Gasteiger partial charge is 0.241 e. The molecular weight excluding hydrogens is 214 g/mol. The molecule has 1 saturated heterocycles. The monoisotopic (exact) mass is 233 g/mol. The molecule has 0 radical (unpaired) electrons. The number of nitrogens with zero attached hydrogens (tertiary/aromatic N) is 1. The SMILES string of the molecule is CN(C)c1ccccc1NC(=O)[C@H]1CCCN1. The molecule has 1 aromatic carbocycles. The largest absolute Gasteiger partial charge is 0.376 e. The normalized spacial score (nSPS) is 19.1. The molecular formula is C13H19N3O. The van der Waals surface area contributed by atoms with Crippen LogP contribution in [0.4, 0.5) is 11.4 Å². The number of para-hydroxylation sites is 2. The Labute approximate surface area is 102 Å². The molecule has 4 nitrogen and oxygen atoms in total. The van der Waals surface area contributed by atoms with Gasteiger partial charge in [-0.2, -0.15) is 0 Å². The van der Waals surface area contributed by atoms with Crippen molar-refractivity contribution in [3.05, 3.63) is 24.3 Å². The molecule has 0 aliphatic carbocycles. The molecule has 1 atom stereocenters. The van der Waals surface area contributed by atoms with Crippen LogP contribution in [0.15, 0.2) is 24.3 Å². The fourth-order valence-electron chi connectivity index (χ4n) is 2.10. The molecule has 1 amide bonds. The molecule has 1 heterocycles. The van der Waals surface area contributed by atoms with Crippen molar-refractivity contribution in [2.24, 2.45) is 0 Å². The van der Waals surface area contributed by atoms with E-state index < -0.39 is 0 Å². The van der Waals surface area contributed by atoms with Crippen molar-refractivity contribution < 1.29 is 4.79 Å². The quantitative estimate of drug-likeness (QED) is 0.830. The maximum absolute atomic E-state index is 12.0. The van der Waals surface area contributed by atoms with E-state index in [0.717, 1.165) is 30.8 Å². The van der Waals surface area contributed by atoms with E-state index >= 15 is 0 Å². The van der Waals surface area contributed by atoms with Gasteiger partial charge in [0.1, 0.15) is 0 Å². The third-order valence-corrected chi connectivity index (χ3v) is 3.02. The Bertz CT molecular complexity index is 397. The predicted octanol–water partition coefficient (Wildman–Crippen LogP) is 1.44. The lowest BCUT2D eigenvalue weighted by Gasteiger charge is -2.19. The van der Waals surface area contributed by atoms with Gasteiger partial charge in [0.25, 0.3) is 0 Å². The number of rotatable bonds is 3. The molecule has 1 aliphatic heterocycles. The number of hydrogen-bond acceptors (Lipinski definition) is 3. The van der Waals surface area contributed by atoms with E-state index in [1.54, 1.807) is 0 Å². The highest BCUT2D eigenvalue weighted by Gasteiger charge is 2.22. The van der Waals surface area contributed by atoms with Crippen LogP contribution in [0.25, 0.3) is 0 Å². The zero-order chi connectivity index (χ0) is 12.3. The van der Waals surface area contributed by atoms with Gasteiger partial charge in [-0.3, -0.25) is 4.79 Å². The topological polar surface area (TPSA) is 44.4 Å². The fraction of sp³-hybridized carbons (Fsp3) is 0.462. The lowest BCUT2D eigenvalue weighted by Crippen LogP contribution is -2.35. The molecule has 4 heteroatoms. The lowest BCUT2D eigenvalue weighted by molar-refractivity contribution is -0.117. The van der Waals surface area contributed by atoms with Crippen LogP contribution in [0.1, 0.15) is 12.8 Å². The van der Waals surface area contributed by atoms with Crippen molar-refractivity contribution >= 4 is 17.3 Å². The van der Waals surface area contributed by atoms with E-state index in [1.807, 2.05) is 43.3 Å². The minimum atomic E-state index is -0.0368. The summed E-state index contributed by atoms with van der Waals surface area (Å²) in [6.07, 6.45) is 2.00. The Morgan fingerprint density at radius 3 is 2.82 bits per heavy atom. The number of carbonyl (C=O) groups excluding carboxylic acids is 1. The van der Waals surface area contributed by atoms with Crippen LogP contribution in [0.3, 0.4) is 0 Å². The Morgan fingerprint density at radius 1 is 1.41 bits per heavy atom. The van der Waals surface area contributed by atoms with Gasteiger partial charge in [0.2, 0.25) is 5.91 Å². The van der Waals surface area contributed by atoms with Gasteiger partial charge < -0.3 is 15.5 Å². The maximum atomic E-state index is 12.0. The second-order valence-corrected chi connectivity index (χ2v) is 4.55. The maximum Gasteiger partial charge on any atom is 0.241 e. The summed E-state index contributed by atoms with van der Waals surface area (Å²) in [5, 5.41) is 6.19. The average molecular weight is 233 g/mol. The zero-order valence-corrected chi connectivity index (χ0v) is 10.4. The molecule has 2 N–H and O–H groups in total. The first kappa shape index (κ1) is 11.9. The van der Waals surface area contributed by atoms with E-state index in [2.05, 4.69) is 10.6 Å². The van der Waals surface area contributed by atoms with Crippen LogP contribution < -0.4 is 15.5 Å². The molecule has 0 saturated carbocycles. The molecule has 2 rings (SSSR count). The van der Waals surface area contributed by atoms with E-state index in [0.29, 0.717) is 0 Å². The van der Waals surface area contributed by atoms with Crippen molar-refractivity contribution in [3.8, 4) is 0 Å². The van der Waals surface area contributed by atoms with Gasteiger partial charge in [-0.05, 0) is 31.5 Å². The minimum absolute atomic E-state index is 0.0368. The van der Waals surface area contributed by atoms with E-state index in [4.69, 9.17) is 0 Å². The van der Waals surface area contributed by atoms with E-state index in [9.17, 15) is 4.79 Å². The highest BCUT2D eigenvalue weighted by molar-refractivity contribution is 5.97.